The van der Waals surface area contributed by atoms with Gasteiger partial charge in [0.1, 0.15) is 41.1 Å². The lowest BCUT2D eigenvalue weighted by Gasteiger charge is -2.19. The zero-order valence-corrected chi connectivity index (χ0v) is 16.9. The highest BCUT2D eigenvalue weighted by molar-refractivity contribution is 5.75. The van der Waals surface area contributed by atoms with E-state index in [-0.39, 0.29) is 18.1 Å². The van der Waals surface area contributed by atoms with Crippen molar-refractivity contribution in [2.24, 2.45) is 0 Å². The Labute approximate surface area is 182 Å². The van der Waals surface area contributed by atoms with Gasteiger partial charge in [-0.3, -0.25) is 0 Å². The van der Waals surface area contributed by atoms with Gasteiger partial charge in [0, 0.05) is 17.7 Å². The van der Waals surface area contributed by atoms with Crippen molar-refractivity contribution in [1.82, 2.24) is 4.98 Å². The molecule has 160 valence electrons. The Balaban J connectivity index is 1.62. The molecule has 0 bridgehead atoms. The van der Waals surface area contributed by atoms with Gasteiger partial charge in [-0.05, 0) is 30.2 Å². The summed E-state index contributed by atoms with van der Waals surface area (Å²) in [6.07, 6.45) is -0.0887. The number of carbonyl (C=O) groups is 1. The van der Waals surface area contributed by atoms with Crippen molar-refractivity contribution >= 4 is 17.1 Å². The van der Waals surface area contributed by atoms with E-state index in [0.717, 1.165) is 11.6 Å². The quantitative estimate of drug-likeness (QED) is 0.441. The van der Waals surface area contributed by atoms with Crippen LogP contribution in [0.3, 0.4) is 0 Å². The molecule has 0 aliphatic heterocycles. The first-order valence-corrected chi connectivity index (χ1v) is 9.60. The molecule has 0 amide bonds. The molecule has 0 saturated heterocycles. The zero-order valence-electron chi connectivity index (χ0n) is 16.9. The Kier molecular flexibility index (Phi) is 5.73. The van der Waals surface area contributed by atoms with Gasteiger partial charge in [0.05, 0.1) is 0 Å². The highest BCUT2D eigenvalue weighted by Crippen LogP contribution is 2.33. The number of hydrogen-bond acceptors (Lipinski definition) is 6. The van der Waals surface area contributed by atoms with Gasteiger partial charge in [-0.1, -0.05) is 30.3 Å². The van der Waals surface area contributed by atoms with Gasteiger partial charge in [-0.2, -0.15) is 5.26 Å². The van der Waals surface area contributed by atoms with Crippen LogP contribution in [0.4, 0.5) is 4.39 Å². The van der Waals surface area contributed by atoms with Crippen molar-refractivity contribution in [3.8, 4) is 17.6 Å². The number of aromatic nitrogens is 1. The van der Waals surface area contributed by atoms with Crippen LogP contribution in [0, 0.1) is 24.1 Å². The number of hydrogen-bond donors (Lipinski definition) is 1. The van der Waals surface area contributed by atoms with Crippen molar-refractivity contribution in [3.05, 3.63) is 89.1 Å². The Hall–Kier alpha value is -4.38. The smallest absolute Gasteiger partial charge is 0.349 e. The van der Waals surface area contributed by atoms with Crippen molar-refractivity contribution in [2.75, 3.05) is 0 Å². The molecule has 0 spiro atoms. The Bertz CT molecular complexity index is 1340. The number of nitrogens with zero attached hydrogens (tertiary/aromatic N) is 2. The Morgan fingerprint density at radius 2 is 2.06 bits per heavy atom. The van der Waals surface area contributed by atoms with E-state index in [2.05, 4.69) is 4.98 Å². The summed E-state index contributed by atoms with van der Waals surface area (Å²) in [6.45, 7) is 1.83. The molecule has 7 nitrogen and oxygen atoms in total. The van der Waals surface area contributed by atoms with Gasteiger partial charge in [0.15, 0.2) is 12.0 Å². The fourth-order valence-corrected chi connectivity index (χ4v) is 3.25. The second kappa shape index (κ2) is 8.78. The predicted octanol–water partition coefficient (Wildman–Crippen LogP) is 4.93. The topological polar surface area (TPSA) is 106 Å². The summed E-state index contributed by atoms with van der Waals surface area (Å²) in [5.41, 5.74) is 2.73. The van der Waals surface area contributed by atoms with Crippen LogP contribution in [0.25, 0.3) is 11.1 Å². The van der Waals surface area contributed by atoms with Gasteiger partial charge < -0.3 is 19.0 Å². The number of benzene rings is 3. The monoisotopic (exact) mass is 432 g/mol. The van der Waals surface area contributed by atoms with Crippen molar-refractivity contribution in [1.29, 1.82) is 5.26 Å². The van der Waals surface area contributed by atoms with E-state index >= 15 is 0 Å². The van der Waals surface area contributed by atoms with Crippen molar-refractivity contribution in [3.63, 3.8) is 0 Å². The number of carboxylic acids is 1. The average Bonchev–Trinajstić information content (AvgIpc) is 3.24. The molecule has 0 radical (unpaired) electrons. The molecule has 1 heterocycles. The minimum Gasteiger partial charge on any atom is -0.489 e. The van der Waals surface area contributed by atoms with E-state index in [1.54, 1.807) is 55.5 Å². The van der Waals surface area contributed by atoms with Gasteiger partial charge in [0.2, 0.25) is 6.10 Å². The largest absolute Gasteiger partial charge is 0.489 e. The van der Waals surface area contributed by atoms with Crippen molar-refractivity contribution in [2.45, 2.75) is 19.6 Å². The fraction of sp³-hybridized carbons (Fsp3) is 0.125. The molecule has 4 rings (SSSR count). The van der Waals surface area contributed by atoms with Gasteiger partial charge >= 0.3 is 5.97 Å². The first kappa shape index (κ1) is 20.9. The molecule has 1 unspecified atom stereocenters. The van der Waals surface area contributed by atoms with Crippen molar-refractivity contribution < 1.29 is 28.2 Å². The lowest BCUT2D eigenvalue weighted by Crippen LogP contribution is -2.20. The van der Waals surface area contributed by atoms with Crippen LogP contribution in [0.5, 0.6) is 11.5 Å². The summed E-state index contributed by atoms with van der Waals surface area (Å²) >= 11 is 0. The maximum atomic E-state index is 14.6. The third-order valence-electron chi connectivity index (χ3n) is 4.88. The van der Waals surface area contributed by atoms with Crippen LogP contribution in [0.15, 0.2) is 65.4 Å². The summed E-state index contributed by atoms with van der Waals surface area (Å²) in [5.74, 6) is -2.28. The summed E-state index contributed by atoms with van der Waals surface area (Å²) in [5, 5.41) is 19.1. The number of carboxylic acid groups (broad SMARTS) is 1. The first-order valence-electron chi connectivity index (χ1n) is 9.60. The molecule has 4 aromatic rings. The maximum absolute atomic E-state index is 14.6. The van der Waals surface area contributed by atoms with Crippen LogP contribution in [-0.4, -0.2) is 16.1 Å². The Morgan fingerprint density at radius 3 is 2.81 bits per heavy atom. The molecule has 1 aromatic heterocycles. The summed E-state index contributed by atoms with van der Waals surface area (Å²) in [7, 11) is 0. The molecular weight excluding hydrogens is 415 g/mol. The first-order chi connectivity index (χ1) is 15.5. The molecule has 0 aliphatic rings. The number of aliphatic carboxylic acids is 1. The van der Waals surface area contributed by atoms with E-state index in [1.807, 2.05) is 0 Å². The fourth-order valence-electron chi connectivity index (χ4n) is 3.25. The second-order valence-corrected chi connectivity index (χ2v) is 7.03. The molecule has 0 aliphatic carbocycles. The molecule has 1 atom stereocenters. The second-order valence-electron chi connectivity index (χ2n) is 7.03. The zero-order chi connectivity index (χ0) is 22.7. The number of oxazole rings is 1. The molecule has 0 fully saturated rings. The van der Waals surface area contributed by atoms with E-state index in [9.17, 15) is 19.6 Å². The lowest BCUT2D eigenvalue weighted by molar-refractivity contribution is -0.145. The maximum Gasteiger partial charge on any atom is 0.349 e. The number of fused-ring (bicyclic) bond motifs is 1. The van der Waals surface area contributed by atoms with E-state index < -0.39 is 23.5 Å². The standard InChI is InChI=1S/C24H17FN2O5/c1-14-4-2-3-5-17(14)23(24(28)29)32-21-10-16(9-19(25)18(21)11-26)30-12-15-6-7-20-22(8-15)31-13-27-20/h2-10,13,23H,12H2,1H3,(H,28,29). The minimum atomic E-state index is -1.42. The number of nitriles is 1. The van der Waals surface area contributed by atoms with E-state index in [4.69, 9.17) is 13.9 Å². The van der Waals surface area contributed by atoms with Crippen LogP contribution >= 0.6 is 0 Å². The molecular formula is C24H17FN2O5. The van der Waals surface area contributed by atoms with Crippen LogP contribution in [0.1, 0.15) is 28.4 Å². The molecule has 8 heteroatoms. The number of halogens is 1. The highest BCUT2D eigenvalue weighted by Gasteiger charge is 2.26. The van der Waals surface area contributed by atoms with E-state index in [0.29, 0.717) is 22.2 Å². The Morgan fingerprint density at radius 1 is 1.25 bits per heavy atom. The highest BCUT2D eigenvalue weighted by atomic mass is 19.1. The number of rotatable bonds is 7. The third-order valence-corrected chi connectivity index (χ3v) is 4.88. The SMILES string of the molecule is Cc1ccccc1C(Oc1cc(OCc2ccc3ncoc3c2)cc(F)c1C#N)C(=O)O. The molecule has 32 heavy (non-hydrogen) atoms. The van der Waals surface area contributed by atoms with Crippen LogP contribution in [-0.2, 0) is 11.4 Å². The number of ether oxygens (including phenoxy) is 2. The van der Waals surface area contributed by atoms with E-state index in [1.165, 1.54) is 12.5 Å². The van der Waals surface area contributed by atoms with Gasteiger partial charge in [0.25, 0.3) is 0 Å². The summed E-state index contributed by atoms with van der Waals surface area (Å²) < 4.78 is 31.1. The molecule has 0 saturated carbocycles. The van der Waals surface area contributed by atoms with Crippen LogP contribution in [0.2, 0.25) is 0 Å². The predicted molar refractivity (Wildman–Crippen MR) is 112 cm³/mol. The average molecular weight is 432 g/mol. The third kappa shape index (κ3) is 4.23. The summed E-state index contributed by atoms with van der Waals surface area (Å²) in [4.78, 5) is 15.9. The van der Waals surface area contributed by atoms with Crippen LogP contribution < -0.4 is 9.47 Å². The molecule has 1 N–H and O–H groups in total. The van der Waals surface area contributed by atoms with Gasteiger partial charge in [-0.15, -0.1) is 0 Å². The summed E-state index contributed by atoms with van der Waals surface area (Å²) in [6, 6.07) is 16.2. The normalized spacial score (nSPS) is 11.7. The number of aryl methyl sites for hydroxylation is 1. The van der Waals surface area contributed by atoms with Gasteiger partial charge in [-0.25, -0.2) is 14.2 Å². The lowest BCUT2D eigenvalue weighted by atomic mass is 10.0. The molecule has 3 aromatic carbocycles. The minimum absolute atomic E-state index is 0.0849.